The fourth-order valence-electron chi connectivity index (χ4n) is 1.06. The molecular weight excluding hydrogens is 190 g/mol. The molecular formula is C12H11NO2. The smallest absolute Gasteiger partial charge is 0.175 e. The van der Waals surface area contributed by atoms with E-state index in [-0.39, 0.29) is 13.5 Å². The quantitative estimate of drug-likeness (QED) is 0.533. The first-order valence-corrected chi connectivity index (χ1v) is 4.33. The van der Waals surface area contributed by atoms with Gasteiger partial charge < -0.3 is 14.4 Å². The second-order valence-corrected chi connectivity index (χ2v) is 2.66. The summed E-state index contributed by atoms with van der Waals surface area (Å²) >= 11 is 0. The maximum absolute atomic E-state index is 5.00. The van der Waals surface area contributed by atoms with E-state index in [0.29, 0.717) is 0 Å². The van der Waals surface area contributed by atoms with Crippen molar-refractivity contribution in [1.29, 1.82) is 0 Å². The first kappa shape index (κ1) is 10.8. The number of para-hydroxylation sites is 1. The van der Waals surface area contributed by atoms with E-state index in [4.69, 9.17) is 22.3 Å². The average molecular weight is 201 g/mol. The van der Waals surface area contributed by atoms with E-state index in [0.717, 1.165) is 5.69 Å². The van der Waals surface area contributed by atoms with Crippen LogP contribution in [0, 0.1) is 25.1 Å². The summed E-state index contributed by atoms with van der Waals surface area (Å²) in [5.74, 6) is 0. The Morgan fingerprint density at radius 1 is 1.00 bits per heavy atom. The standard InChI is InChI=1S/C12H11NO2/c1-3-14-10-13(11-15-4-2)12-8-6-5-7-9-12/h1-2,5-9H,10-11H2. The predicted octanol–water partition coefficient (Wildman–Crippen LogP) is 1.62. The highest BCUT2D eigenvalue weighted by atomic mass is 16.5. The van der Waals surface area contributed by atoms with E-state index in [9.17, 15) is 0 Å². The Morgan fingerprint density at radius 2 is 1.53 bits per heavy atom. The molecule has 0 saturated carbocycles. The number of terminal acetylenes is 2. The lowest BCUT2D eigenvalue weighted by Gasteiger charge is -2.21. The number of benzene rings is 1. The Hall–Kier alpha value is -2.26. The third kappa shape index (κ3) is 3.54. The van der Waals surface area contributed by atoms with Crippen LogP contribution >= 0.6 is 0 Å². The summed E-state index contributed by atoms with van der Waals surface area (Å²) in [7, 11) is 0. The number of ether oxygens (including phenoxy) is 2. The molecule has 3 nitrogen and oxygen atoms in total. The van der Waals surface area contributed by atoms with Crippen molar-refractivity contribution in [2.24, 2.45) is 0 Å². The van der Waals surface area contributed by atoms with E-state index in [1.54, 1.807) is 4.90 Å². The molecule has 0 atom stereocenters. The molecule has 1 rings (SSSR count). The zero-order valence-corrected chi connectivity index (χ0v) is 8.22. The van der Waals surface area contributed by atoms with Gasteiger partial charge in [0, 0.05) is 5.69 Å². The van der Waals surface area contributed by atoms with Crippen LogP contribution in [0.1, 0.15) is 0 Å². The van der Waals surface area contributed by atoms with Crippen LogP contribution in [-0.2, 0) is 9.47 Å². The molecule has 76 valence electrons. The molecule has 0 bridgehead atoms. The van der Waals surface area contributed by atoms with Crippen molar-refractivity contribution < 1.29 is 9.47 Å². The van der Waals surface area contributed by atoms with Crippen LogP contribution in [-0.4, -0.2) is 13.5 Å². The zero-order valence-electron chi connectivity index (χ0n) is 8.22. The first-order valence-electron chi connectivity index (χ1n) is 4.33. The van der Waals surface area contributed by atoms with E-state index in [1.165, 1.54) is 0 Å². The van der Waals surface area contributed by atoms with Crippen molar-refractivity contribution in [1.82, 2.24) is 0 Å². The summed E-state index contributed by atoms with van der Waals surface area (Å²) in [4.78, 5) is 1.78. The minimum atomic E-state index is 0.238. The van der Waals surface area contributed by atoms with Gasteiger partial charge >= 0.3 is 0 Å². The van der Waals surface area contributed by atoms with E-state index < -0.39 is 0 Å². The molecule has 0 aliphatic rings. The normalized spacial score (nSPS) is 8.40. The van der Waals surface area contributed by atoms with Crippen LogP contribution in [0.5, 0.6) is 0 Å². The van der Waals surface area contributed by atoms with E-state index in [2.05, 4.69) is 12.2 Å². The molecule has 15 heavy (non-hydrogen) atoms. The van der Waals surface area contributed by atoms with Gasteiger partial charge in [-0.15, -0.1) is 0 Å². The van der Waals surface area contributed by atoms with Gasteiger partial charge in [0.05, 0.1) is 0 Å². The summed E-state index contributed by atoms with van der Waals surface area (Å²) < 4.78 is 9.70. The highest BCUT2D eigenvalue weighted by molar-refractivity contribution is 5.45. The van der Waals surface area contributed by atoms with Gasteiger partial charge in [-0.3, -0.25) is 0 Å². The Balaban J connectivity index is 2.64. The van der Waals surface area contributed by atoms with Crippen LogP contribution in [0.25, 0.3) is 0 Å². The van der Waals surface area contributed by atoms with Crippen LogP contribution in [0.2, 0.25) is 0 Å². The predicted molar refractivity (Wildman–Crippen MR) is 58.5 cm³/mol. The molecule has 0 radical (unpaired) electrons. The summed E-state index contributed by atoms with van der Waals surface area (Å²) in [5, 5.41) is 0. The largest absolute Gasteiger partial charge is 0.424 e. The molecule has 0 saturated heterocycles. The van der Waals surface area contributed by atoms with E-state index in [1.807, 2.05) is 30.3 Å². The van der Waals surface area contributed by atoms with Crippen molar-refractivity contribution in [2.45, 2.75) is 0 Å². The second-order valence-electron chi connectivity index (χ2n) is 2.66. The van der Waals surface area contributed by atoms with Crippen LogP contribution in [0.3, 0.4) is 0 Å². The third-order valence-corrected chi connectivity index (χ3v) is 1.73. The van der Waals surface area contributed by atoms with Crippen LogP contribution in [0.4, 0.5) is 5.69 Å². The Morgan fingerprint density at radius 3 is 2.00 bits per heavy atom. The molecule has 0 amide bonds. The van der Waals surface area contributed by atoms with Crippen molar-refractivity contribution in [2.75, 3.05) is 18.4 Å². The summed E-state index contributed by atoms with van der Waals surface area (Å²) in [6, 6.07) is 9.58. The fourth-order valence-corrected chi connectivity index (χ4v) is 1.06. The van der Waals surface area contributed by atoms with Crippen LogP contribution < -0.4 is 4.90 Å². The maximum atomic E-state index is 5.00. The van der Waals surface area contributed by atoms with Crippen molar-refractivity contribution in [3.8, 4) is 25.1 Å². The monoisotopic (exact) mass is 201 g/mol. The maximum Gasteiger partial charge on any atom is 0.175 e. The van der Waals surface area contributed by atoms with Gasteiger partial charge in [-0.2, -0.15) is 0 Å². The lowest BCUT2D eigenvalue weighted by Crippen LogP contribution is -2.27. The van der Waals surface area contributed by atoms with Gasteiger partial charge in [-0.05, 0) is 12.1 Å². The van der Waals surface area contributed by atoms with Gasteiger partial charge in [-0.1, -0.05) is 31.0 Å². The average Bonchev–Trinajstić information content (AvgIpc) is 2.30. The number of hydrogen-bond acceptors (Lipinski definition) is 3. The van der Waals surface area contributed by atoms with Gasteiger partial charge in [0.25, 0.3) is 0 Å². The Kier molecular flexibility index (Phi) is 4.50. The molecule has 0 N–H and O–H groups in total. The summed E-state index contributed by atoms with van der Waals surface area (Å²) in [6.07, 6.45) is 14.2. The molecule has 0 spiro atoms. The third-order valence-electron chi connectivity index (χ3n) is 1.73. The zero-order chi connectivity index (χ0) is 10.9. The molecule has 0 aliphatic carbocycles. The minimum absolute atomic E-state index is 0.238. The molecule has 1 aromatic rings. The van der Waals surface area contributed by atoms with Gasteiger partial charge in [0.15, 0.2) is 13.5 Å². The molecule has 0 aromatic heterocycles. The molecule has 0 heterocycles. The lowest BCUT2D eigenvalue weighted by atomic mass is 10.3. The second kappa shape index (κ2) is 6.23. The number of rotatable bonds is 5. The summed E-state index contributed by atoms with van der Waals surface area (Å²) in [5.41, 5.74) is 0.933. The number of nitrogens with zero attached hydrogens (tertiary/aromatic N) is 1. The first-order chi connectivity index (χ1) is 7.38. The van der Waals surface area contributed by atoms with Gasteiger partial charge in [-0.25, -0.2) is 0 Å². The van der Waals surface area contributed by atoms with Crippen LogP contribution in [0.15, 0.2) is 30.3 Å². The summed E-state index contributed by atoms with van der Waals surface area (Å²) in [6.45, 7) is 0.477. The molecule has 0 fully saturated rings. The molecule has 3 heteroatoms. The van der Waals surface area contributed by atoms with Crippen molar-refractivity contribution in [3.05, 3.63) is 30.3 Å². The highest BCUT2D eigenvalue weighted by Gasteiger charge is 2.05. The molecule has 0 unspecified atom stereocenters. The Bertz CT molecular complexity index is 343. The molecule has 0 aliphatic heterocycles. The SMILES string of the molecule is C#COCN(COC#C)c1ccccc1. The minimum Gasteiger partial charge on any atom is -0.424 e. The number of anilines is 1. The van der Waals surface area contributed by atoms with Crippen molar-refractivity contribution in [3.63, 3.8) is 0 Å². The Labute approximate surface area is 89.6 Å². The van der Waals surface area contributed by atoms with E-state index >= 15 is 0 Å². The fraction of sp³-hybridized carbons (Fsp3) is 0.167. The van der Waals surface area contributed by atoms with Gasteiger partial charge in [0.2, 0.25) is 0 Å². The van der Waals surface area contributed by atoms with Gasteiger partial charge in [0.1, 0.15) is 12.2 Å². The molecule has 1 aromatic carbocycles. The lowest BCUT2D eigenvalue weighted by molar-refractivity contribution is 0.211. The number of hydrogen-bond donors (Lipinski definition) is 0. The highest BCUT2D eigenvalue weighted by Crippen LogP contribution is 2.12. The topological polar surface area (TPSA) is 21.7 Å². The van der Waals surface area contributed by atoms with Crippen molar-refractivity contribution >= 4 is 5.69 Å².